The van der Waals surface area contributed by atoms with Gasteiger partial charge in [-0.25, -0.2) is 0 Å². The fourth-order valence-corrected chi connectivity index (χ4v) is 1.13. The second-order valence-electron chi connectivity index (χ2n) is 3.10. The van der Waals surface area contributed by atoms with Crippen molar-refractivity contribution in [2.45, 2.75) is 24.4 Å². The molecule has 0 amide bonds. The van der Waals surface area contributed by atoms with Crippen LogP contribution in [-0.4, -0.2) is 31.7 Å². The second-order valence-corrected chi connectivity index (χ2v) is 4.62. The van der Waals surface area contributed by atoms with Gasteiger partial charge in [0.05, 0.1) is 0 Å². The Balaban J connectivity index is 4.76. The SMILES string of the molecule is COP(=O)([O-])OCC(F)(F)C(F)(F)CC(F)(F)F. The van der Waals surface area contributed by atoms with Crippen LogP contribution in [0.2, 0.25) is 0 Å². The average Bonchev–Trinajstić information content (AvgIpc) is 2.11. The van der Waals surface area contributed by atoms with Crippen molar-refractivity contribution in [2.24, 2.45) is 0 Å². The summed E-state index contributed by atoms with van der Waals surface area (Å²) in [5, 5.41) is 0. The number of rotatable bonds is 6. The maximum atomic E-state index is 12.7. The molecule has 0 fully saturated rings. The molecular formula is C6H7F7O4P-. The van der Waals surface area contributed by atoms with Gasteiger partial charge in [0.2, 0.25) is 0 Å². The first-order valence-electron chi connectivity index (χ1n) is 4.06. The minimum atomic E-state index is -5.55. The van der Waals surface area contributed by atoms with Crippen molar-refractivity contribution < 1.29 is 49.2 Å². The number of hydrogen-bond donors (Lipinski definition) is 0. The Kier molecular flexibility index (Phi) is 5.20. The van der Waals surface area contributed by atoms with Gasteiger partial charge in [0.25, 0.3) is 7.82 Å². The van der Waals surface area contributed by atoms with E-state index in [1.165, 1.54) is 0 Å². The predicted molar refractivity (Wildman–Crippen MR) is 41.1 cm³/mol. The summed E-state index contributed by atoms with van der Waals surface area (Å²) in [4.78, 5) is 10.4. The molecule has 0 N–H and O–H groups in total. The number of hydrogen-bond acceptors (Lipinski definition) is 4. The molecule has 0 heterocycles. The van der Waals surface area contributed by atoms with Crippen LogP contribution < -0.4 is 4.89 Å². The van der Waals surface area contributed by atoms with Crippen LogP contribution >= 0.6 is 7.82 Å². The van der Waals surface area contributed by atoms with Crippen LogP contribution in [0, 0.1) is 0 Å². The van der Waals surface area contributed by atoms with Crippen molar-refractivity contribution in [3.8, 4) is 0 Å². The highest BCUT2D eigenvalue weighted by molar-refractivity contribution is 7.45. The van der Waals surface area contributed by atoms with Crippen LogP contribution in [-0.2, 0) is 13.6 Å². The number of phosphoric acid groups is 1. The lowest BCUT2D eigenvalue weighted by Gasteiger charge is -2.29. The summed E-state index contributed by atoms with van der Waals surface area (Å²) in [6, 6.07) is 0. The van der Waals surface area contributed by atoms with Crippen molar-refractivity contribution in [3.05, 3.63) is 0 Å². The molecule has 0 aromatic rings. The van der Waals surface area contributed by atoms with Gasteiger partial charge in [0.15, 0.2) is 0 Å². The predicted octanol–water partition coefficient (Wildman–Crippen LogP) is 2.34. The van der Waals surface area contributed by atoms with E-state index in [0.717, 1.165) is 0 Å². The Hall–Kier alpha value is -0.380. The van der Waals surface area contributed by atoms with Crippen LogP contribution in [0.1, 0.15) is 6.42 Å². The van der Waals surface area contributed by atoms with E-state index in [0.29, 0.717) is 7.11 Å². The van der Waals surface area contributed by atoms with Crippen molar-refractivity contribution in [3.63, 3.8) is 0 Å². The molecule has 0 spiro atoms. The molecule has 0 aliphatic carbocycles. The first-order valence-corrected chi connectivity index (χ1v) is 5.52. The van der Waals surface area contributed by atoms with Crippen LogP contribution in [0.5, 0.6) is 0 Å². The maximum absolute atomic E-state index is 12.7. The van der Waals surface area contributed by atoms with E-state index in [-0.39, 0.29) is 0 Å². The molecule has 0 saturated carbocycles. The second kappa shape index (κ2) is 5.32. The largest absolute Gasteiger partial charge is 0.756 e. The van der Waals surface area contributed by atoms with Crippen LogP contribution in [0.3, 0.4) is 0 Å². The minimum absolute atomic E-state index is 0.500. The smallest absolute Gasteiger partial charge is 0.395 e. The Labute approximate surface area is 96.3 Å². The van der Waals surface area contributed by atoms with Gasteiger partial charge < -0.3 is 13.9 Å². The highest BCUT2D eigenvalue weighted by Crippen LogP contribution is 2.45. The van der Waals surface area contributed by atoms with Crippen LogP contribution in [0.15, 0.2) is 0 Å². The van der Waals surface area contributed by atoms with E-state index < -0.39 is 38.9 Å². The summed E-state index contributed by atoms with van der Waals surface area (Å²) in [6.45, 7) is -2.45. The van der Waals surface area contributed by atoms with Gasteiger partial charge in [-0.05, 0) is 0 Å². The Morgan fingerprint density at radius 3 is 1.83 bits per heavy atom. The van der Waals surface area contributed by atoms with Crippen molar-refractivity contribution in [1.82, 2.24) is 0 Å². The molecule has 12 heteroatoms. The lowest BCUT2D eigenvalue weighted by atomic mass is 10.1. The van der Waals surface area contributed by atoms with E-state index in [1.54, 1.807) is 0 Å². The summed E-state index contributed by atoms with van der Waals surface area (Å²) in [5.41, 5.74) is 0. The van der Waals surface area contributed by atoms with Crippen molar-refractivity contribution in [2.75, 3.05) is 13.7 Å². The molecule has 0 aliphatic heterocycles. The zero-order valence-corrected chi connectivity index (χ0v) is 9.53. The summed E-state index contributed by atoms with van der Waals surface area (Å²) in [5.74, 6) is -10.8. The summed E-state index contributed by atoms with van der Waals surface area (Å²) in [7, 11) is -4.74. The molecule has 4 nitrogen and oxygen atoms in total. The van der Waals surface area contributed by atoms with Gasteiger partial charge in [-0.15, -0.1) is 0 Å². The zero-order valence-electron chi connectivity index (χ0n) is 8.64. The third-order valence-corrected chi connectivity index (χ3v) is 2.48. The lowest BCUT2D eigenvalue weighted by Crippen LogP contribution is -2.47. The van der Waals surface area contributed by atoms with E-state index in [4.69, 9.17) is 0 Å². The quantitative estimate of drug-likeness (QED) is 0.558. The molecule has 0 rings (SSSR count). The van der Waals surface area contributed by atoms with Gasteiger partial charge >= 0.3 is 18.0 Å². The summed E-state index contributed by atoms with van der Waals surface area (Å²) < 4.78 is 103. The van der Waals surface area contributed by atoms with Gasteiger partial charge in [0, 0.05) is 7.11 Å². The van der Waals surface area contributed by atoms with Gasteiger partial charge in [0.1, 0.15) is 13.0 Å². The van der Waals surface area contributed by atoms with Crippen molar-refractivity contribution >= 4 is 7.82 Å². The Morgan fingerprint density at radius 1 is 1.06 bits per heavy atom. The third-order valence-electron chi connectivity index (χ3n) is 1.59. The molecule has 0 saturated heterocycles. The summed E-state index contributed by atoms with van der Waals surface area (Å²) in [6.07, 6.45) is -8.65. The molecule has 18 heavy (non-hydrogen) atoms. The molecule has 110 valence electrons. The number of alkyl halides is 7. The number of halogens is 7. The van der Waals surface area contributed by atoms with E-state index >= 15 is 0 Å². The average molecular weight is 307 g/mol. The molecule has 0 aromatic heterocycles. The summed E-state index contributed by atoms with van der Waals surface area (Å²) >= 11 is 0. The lowest BCUT2D eigenvalue weighted by molar-refractivity contribution is -0.279. The molecule has 0 bridgehead atoms. The highest BCUT2D eigenvalue weighted by atomic mass is 31.2. The first kappa shape index (κ1) is 17.6. The highest BCUT2D eigenvalue weighted by Gasteiger charge is 2.61. The van der Waals surface area contributed by atoms with Gasteiger partial charge in [-0.1, -0.05) is 0 Å². The molecular weight excluding hydrogens is 300 g/mol. The number of phosphoric ester groups is 1. The molecule has 0 aliphatic rings. The standard InChI is InChI=1S/C6H8F7O4P/c1-16-18(14,15)17-3-5(9,10)4(7,8)2-6(11,12)13/h2-3H2,1H3,(H,14,15)/p-1. The molecule has 1 atom stereocenters. The molecule has 0 aromatic carbocycles. The monoisotopic (exact) mass is 307 g/mol. The Morgan fingerprint density at radius 2 is 1.50 bits per heavy atom. The molecule has 1 unspecified atom stereocenters. The van der Waals surface area contributed by atoms with Gasteiger partial charge in [-0.3, -0.25) is 4.57 Å². The van der Waals surface area contributed by atoms with E-state index in [2.05, 4.69) is 9.05 Å². The van der Waals surface area contributed by atoms with E-state index in [1.807, 2.05) is 0 Å². The third kappa shape index (κ3) is 5.51. The fourth-order valence-electron chi connectivity index (χ4n) is 0.699. The maximum Gasteiger partial charge on any atom is 0.395 e. The molecule has 0 radical (unpaired) electrons. The van der Waals surface area contributed by atoms with Gasteiger partial charge in [-0.2, -0.15) is 30.7 Å². The topological polar surface area (TPSA) is 58.6 Å². The fraction of sp³-hybridized carbons (Fsp3) is 1.00. The van der Waals surface area contributed by atoms with E-state index in [9.17, 15) is 40.2 Å². The van der Waals surface area contributed by atoms with Crippen LogP contribution in [0.4, 0.5) is 30.7 Å². The normalized spacial score (nSPS) is 17.6. The Bertz CT molecular complexity index is 328. The van der Waals surface area contributed by atoms with Crippen molar-refractivity contribution in [1.29, 1.82) is 0 Å². The van der Waals surface area contributed by atoms with Crippen LogP contribution in [0.25, 0.3) is 0 Å². The first-order chi connectivity index (χ1) is 7.72. The zero-order chi connectivity index (χ0) is 14.8. The minimum Gasteiger partial charge on any atom is -0.756 e.